The number of aliphatic carboxylic acids is 3. The number of primary amides is 1. The first kappa shape index (κ1) is 76.8. The van der Waals surface area contributed by atoms with Gasteiger partial charge in [0.05, 0.1) is 39.0 Å². The lowest BCUT2D eigenvalue weighted by molar-refractivity contribution is -0.145. The van der Waals surface area contributed by atoms with Gasteiger partial charge in [0.25, 0.3) is 0 Å². The van der Waals surface area contributed by atoms with Gasteiger partial charge in [0, 0.05) is 79.1 Å². The number of phenolic OH excluding ortho intramolecular Hbond substituents is 1. The zero-order chi connectivity index (χ0) is 63.0. The van der Waals surface area contributed by atoms with E-state index in [1.54, 1.807) is 12.1 Å². The molecule has 0 heterocycles. The first-order valence-electron chi connectivity index (χ1n) is 30.6. The number of Topliss-reactive ketones (excluding diaryl/α,β-unsaturated/α-hetero) is 4. The van der Waals surface area contributed by atoms with Crippen LogP contribution in [-0.2, 0) is 78.1 Å². The van der Waals surface area contributed by atoms with Crippen LogP contribution in [0.25, 0.3) is 0 Å². The molecule has 1 aromatic rings. The molecule has 0 fully saturated rings. The molecule has 486 valence electrons. The molecular weight excluding hydrogens is 1100 g/mol. The Kier molecular flexibility index (Phi) is 44.3. The lowest BCUT2D eigenvalue weighted by atomic mass is 9.84. The molecule has 0 bridgehead atoms. The zero-order valence-electron chi connectivity index (χ0n) is 50.6. The van der Waals surface area contributed by atoms with Gasteiger partial charge >= 0.3 is 17.9 Å². The van der Waals surface area contributed by atoms with Crippen molar-refractivity contribution in [1.82, 2.24) is 16.0 Å². The molecule has 0 saturated heterocycles. The number of ether oxygens (including phenoxy) is 4. The fourth-order valence-corrected chi connectivity index (χ4v) is 9.36. The van der Waals surface area contributed by atoms with E-state index in [4.69, 9.17) is 29.8 Å². The van der Waals surface area contributed by atoms with Crippen LogP contribution in [0, 0.1) is 23.7 Å². The fraction of sp³-hybridized carbons (Fsp3) is 0.726. The topological polar surface area (TPSA) is 368 Å². The highest BCUT2D eigenvalue weighted by atomic mass is 16.5. The van der Waals surface area contributed by atoms with Crippen LogP contribution < -0.4 is 21.7 Å². The number of hydrogen-bond acceptors (Lipinski definition) is 16. The van der Waals surface area contributed by atoms with Gasteiger partial charge < -0.3 is 61.1 Å². The first-order chi connectivity index (χ1) is 40.7. The van der Waals surface area contributed by atoms with Gasteiger partial charge in [-0.3, -0.25) is 47.9 Å². The largest absolute Gasteiger partial charge is 0.508 e. The Morgan fingerprint density at radius 1 is 0.471 bits per heavy atom. The van der Waals surface area contributed by atoms with Crippen molar-refractivity contribution in [3.05, 3.63) is 29.8 Å². The lowest BCUT2D eigenvalue weighted by Crippen LogP contribution is -2.41. The monoisotopic (exact) mass is 1210 g/mol. The molecule has 4 amide bonds. The number of carboxylic acid groups (broad SMARTS) is 3. The molecule has 0 aliphatic heterocycles. The molecule has 0 aliphatic rings. The summed E-state index contributed by atoms with van der Waals surface area (Å²) in [6.07, 6.45) is 15.7. The third kappa shape index (κ3) is 44.0. The quantitative estimate of drug-likeness (QED) is 0.0297. The van der Waals surface area contributed by atoms with Gasteiger partial charge in [-0.05, 0) is 68.6 Å². The molecule has 0 saturated carbocycles. The summed E-state index contributed by atoms with van der Waals surface area (Å²) in [6, 6.07) is 5.01. The van der Waals surface area contributed by atoms with Crippen molar-refractivity contribution < 1.29 is 95.0 Å². The molecule has 1 aromatic carbocycles. The Morgan fingerprint density at radius 2 is 1.00 bits per heavy atom. The summed E-state index contributed by atoms with van der Waals surface area (Å²) in [5, 5.41) is 45.4. The predicted molar refractivity (Wildman–Crippen MR) is 319 cm³/mol. The molecule has 1 rings (SSSR count). The second-order valence-electron chi connectivity index (χ2n) is 22.3. The third-order valence-corrected chi connectivity index (χ3v) is 14.1. The van der Waals surface area contributed by atoms with E-state index in [1.807, 2.05) is 13.8 Å². The highest BCUT2D eigenvalue weighted by Gasteiger charge is 2.28. The number of hydrogen-bond donors (Lipinski definition) is 8. The lowest BCUT2D eigenvalue weighted by Gasteiger charge is -2.19. The summed E-state index contributed by atoms with van der Waals surface area (Å²) in [7, 11) is 0. The predicted octanol–water partition coefficient (Wildman–Crippen LogP) is 7.26. The number of ketones is 4. The van der Waals surface area contributed by atoms with Crippen LogP contribution in [-0.4, -0.2) is 157 Å². The standard InChI is InChI=1S/C62H100N4O19.2H2/c1-45(2)37-52(69)39-47(55(71)41-49(60(63)77)38-46-22-25-50(67)26-23-46)19-17-18-30-64-58(74)44-85-36-35-84-43-53(70)42-83-34-33-82-32-31-65-56(72)29-24-48(61(78)79)40-51(68)27-28-54(62(80)81)66-57(73)20-15-13-11-9-7-5-3-4-6-8-10-12-14-16-21-59(75)76;;/h22-23,25-26,45,47-49,54,67H,3-21,24,27-44H2,1-2H3,(H2,63,77)(H,64,74)(H,65,72)(H,66,73)(H,75,76)(H,78,79)(H,80,81);2*1H/t47-,48-,49-,54+;;/m1../s1. The van der Waals surface area contributed by atoms with Crippen molar-refractivity contribution in [1.29, 1.82) is 0 Å². The SMILES string of the molecule is CC(C)CC(=O)C[C@@H](CCCCNC(=O)COCCOCC(=O)COCCOCCNC(=O)CC[C@H](CC(=O)CC[C@H](NC(=O)CCCCCCCCCCCCCCCCC(=O)O)C(=O)O)C(=O)O)C(=O)C[C@@H](Cc1ccc(O)cc1)C(N)=O.[HH].[HH]. The summed E-state index contributed by atoms with van der Waals surface area (Å²) in [5.74, 6) is -8.57. The zero-order valence-corrected chi connectivity index (χ0v) is 50.6. The highest BCUT2D eigenvalue weighted by molar-refractivity contribution is 5.91. The summed E-state index contributed by atoms with van der Waals surface area (Å²) in [5.41, 5.74) is 6.38. The molecular formula is C62H104N4O19. The Bertz CT molecular complexity index is 2150. The number of aromatic hydroxyl groups is 1. The number of benzene rings is 1. The van der Waals surface area contributed by atoms with Crippen LogP contribution >= 0.6 is 0 Å². The number of carbonyl (C=O) groups excluding carboxylic acids is 8. The normalized spacial score (nSPS) is 12.6. The second kappa shape index (κ2) is 49.0. The number of carbonyl (C=O) groups is 11. The van der Waals surface area contributed by atoms with Crippen LogP contribution in [0.5, 0.6) is 5.75 Å². The summed E-state index contributed by atoms with van der Waals surface area (Å²) >= 11 is 0. The van der Waals surface area contributed by atoms with Gasteiger partial charge in [0.15, 0.2) is 5.78 Å². The van der Waals surface area contributed by atoms with Crippen molar-refractivity contribution >= 4 is 64.7 Å². The number of unbranched alkanes of at least 4 members (excludes halogenated alkanes) is 14. The van der Waals surface area contributed by atoms with Crippen molar-refractivity contribution in [2.75, 3.05) is 65.9 Å². The van der Waals surface area contributed by atoms with E-state index in [0.29, 0.717) is 38.6 Å². The third-order valence-electron chi connectivity index (χ3n) is 14.1. The minimum absolute atomic E-state index is 0. The average molecular weight is 1210 g/mol. The molecule has 0 aromatic heterocycles. The number of amides is 4. The van der Waals surface area contributed by atoms with Crippen LogP contribution in [0.4, 0.5) is 0 Å². The van der Waals surface area contributed by atoms with E-state index in [1.165, 1.54) is 37.8 Å². The molecule has 4 atom stereocenters. The van der Waals surface area contributed by atoms with Crippen molar-refractivity contribution in [2.45, 2.75) is 200 Å². The van der Waals surface area contributed by atoms with Gasteiger partial charge in [-0.1, -0.05) is 109 Å². The Labute approximate surface area is 504 Å². The molecule has 23 heteroatoms. The van der Waals surface area contributed by atoms with E-state index in [-0.39, 0.29) is 155 Å². The Morgan fingerprint density at radius 3 is 1.54 bits per heavy atom. The van der Waals surface area contributed by atoms with E-state index in [2.05, 4.69) is 16.0 Å². The van der Waals surface area contributed by atoms with Crippen LogP contribution in [0.2, 0.25) is 0 Å². The smallest absolute Gasteiger partial charge is 0.326 e. The summed E-state index contributed by atoms with van der Waals surface area (Å²) < 4.78 is 21.3. The minimum Gasteiger partial charge on any atom is -0.508 e. The van der Waals surface area contributed by atoms with E-state index < -0.39 is 71.6 Å². The highest BCUT2D eigenvalue weighted by Crippen LogP contribution is 2.24. The van der Waals surface area contributed by atoms with Gasteiger partial charge in [-0.2, -0.15) is 0 Å². The summed E-state index contributed by atoms with van der Waals surface area (Å²) in [6.45, 7) is 3.93. The van der Waals surface area contributed by atoms with Gasteiger partial charge in [-0.25, -0.2) is 4.79 Å². The van der Waals surface area contributed by atoms with E-state index >= 15 is 0 Å². The molecule has 9 N–H and O–H groups in total. The average Bonchev–Trinajstić information content (AvgIpc) is 3.54. The number of nitrogens with two attached hydrogens (primary N) is 1. The fourth-order valence-electron chi connectivity index (χ4n) is 9.36. The number of phenols is 1. The summed E-state index contributed by atoms with van der Waals surface area (Å²) in [4.78, 5) is 135. The molecule has 23 nitrogen and oxygen atoms in total. The van der Waals surface area contributed by atoms with Gasteiger partial charge in [0.1, 0.15) is 49.0 Å². The van der Waals surface area contributed by atoms with Crippen molar-refractivity contribution in [2.24, 2.45) is 29.4 Å². The number of rotatable bonds is 58. The maximum atomic E-state index is 13.4. The van der Waals surface area contributed by atoms with Crippen molar-refractivity contribution in [3.63, 3.8) is 0 Å². The molecule has 0 aliphatic carbocycles. The molecule has 0 unspecified atom stereocenters. The maximum Gasteiger partial charge on any atom is 0.326 e. The van der Waals surface area contributed by atoms with Gasteiger partial charge in [-0.15, -0.1) is 0 Å². The Balaban J connectivity index is 0. The second-order valence-corrected chi connectivity index (χ2v) is 22.3. The number of nitrogens with one attached hydrogen (secondary N) is 3. The molecule has 85 heavy (non-hydrogen) atoms. The van der Waals surface area contributed by atoms with E-state index in [0.717, 1.165) is 63.4 Å². The first-order valence-corrected chi connectivity index (χ1v) is 30.6. The van der Waals surface area contributed by atoms with Crippen LogP contribution in [0.3, 0.4) is 0 Å². The Hall–Kier alpha value is -6.17. The minimum atomic E-state index is -1.29. The van der Waals surface area contributed by atoms with E-state index in [9.17, 15) is 68.1 Å². The van der Waals surface area contributed by atoms with Crippen LogP contribution in [0.15, 0.2) is 24.3 Å². The molecule has 0 radical (unpaired) electrons. The molecule has 0 spiro atoms. The van der Waals surface area contributed by atoms with Gasteiger partial charge in [0.2, 0.25) is 23.6 Å². The van der Waals surface area contributed by atoms with Crippen LogP contribution in [0.1, 0.15) is 196 Å². The maximum absolute atomic E-state index is 13.4. The number of carboxylic acids is 3. The van der Waals surface area contributed by atoms with Crippen molar-refractivity contribution in [3.8, 4) is 5.75 Å².